The average Bonchev–Trinajstić information content (AvgIpc) is 2.75. The van der Waals surface area contributed by atoms with Crippen LogP contribution in [-0.2, 0) is 0 Å². The van der Waals surface area contributed by atoms with Crippen LogP contribution in [-0.4, -0.2) is 43.6 Å². The third kappa shape index (κ3) is 4.13. The Labute approximate surface area is 164 Å². The molecule has 1 heterocycles. The van der Waals surface area contributed by atoms with E-state index in [1.165, 1.54) is 4.90 Å². The Morgan fingerprint density at radius 2 is 1.38 bits per heavy atom. The van der Waals surface area contributed by atoms with Crippen LogP contribution < -0.4 is 9.64 Å². The number of amides is 1. The normalized spacial score (nSPS) is 14.3. The summed E-state index contributed by atoms with van der Waals surface area (Å²) in [5, 5.41) is 0. The lowest BCUT2D eigenvalue weighted by atomic mass is 10.1. The summed E-state index contributed by atoms with van der Waals surface area (Å²) in [4.78, 5) is 15.1. The number of piperazine rings is 1. The molecule has 1 aliphatic heterocycles. The number of rotatable bonds is 5. The van der Waals surface area contributed by atoms with E-state index in [0.717, 1.165) is 11.3 Å². The number of hydrogen-bond acceptors (Lipinski definition) is 3. The summed E-state index contributed by atoms with van der Waals surface area (Å²) in [6.07, 6.45) is 0.855. The van der Waals surface area contributed by atoms with E-state index in [2.05, 4.69) is 0 Å². The van der Waals surface area contributed by atoms with Crippen molar-refractivity contribution in [3.05, 3.63) is 58.9 Å². The molecule has 2 aromatic carbocycles. The molecule has 156 valence electrons. The molecule has 0 spiro atoms. The second-order valence-corrected chi connectivity index (χ2v) is 6.57. The van der Waals surface area contributed by atoms with Crippen LogP contribution in [0.15, 0.2) is 24.3 Å². The molecule has 4 nitrogen and oxygen atoms in total. The number of benzene rings is 2. The first-order valence-electron chi connectivity index (χ1n) is 9.13. The largest absolute Gasteiger partial charge is 0.494 e. The van der Waals surface area contributed by atoms with E-state index < -0.39 is 34.8 Å². The topological polar surface area (TPSA) is 32.8 Å². The lowest BCUT2D eigenvalue weighted by molar-refractivity contribution is 0.0746. The number of carbonyl (C=O) groups excluding carboxylic acids is 1. The maximum absolute atomic E-state index is 14.0. The maximum atomic E-state index is 14.0. The first-order valence-corrected chi connectivity index (χ1v) is 9.13. The Hall–Kier alpha value is -2.84. The Balaban J connectivity index is 1.69. The molecule has 0 bridgehead atoms. The van der Waals surface area contributed by atoms with Crippen molar-refractivity contribution >= 4 is 11.6 Å². The van der Waals surface area contributed by atoms with E-state index >= 15 is 0 Å². The van der Waals surface area contributed by atoms with Crippen LogP contribution in [0.5, 0.6) is 5.75 Å². The van der Waals surface area contributed by atoms with Crippen molar-refractivity contribution in [1.82, 2.24) is 4.90 Å². The van der Waals surface area contributed by atoms with Crippen molar-refractivity contribution in [2.45, 2.75) is 13.3 Å². The van der Waals surface area contributed by atoms with Gasteiger partial charge in [-0.3, -0.25) is 4.79 Å². The van der Waals surface area contributed by atoms with Gasteiger partial charge in [-0.05, 0) is 30.7 Å². The van der Waals surface area contributed by atoms with Crippen LogP contribution in [0, 0.1) is 29.1 Å². The number of anilines is 1. The molecule has 0 radical (unpaired) electrons. The van der Waals surface area contributed by atoms with Gasteiger partial charge in [0.1, 0.15) is 11.4 Å². The molecule has 0 saturated carbocycles. The van der Waals surface area contributed by atoms with Gasteiger partial charge in [0.25, 0.3) is 5.91 Å². The van der Waals surface area contributed by atoms with Crippen molar-refractivity contribution in [3.8, 4) is 5.75 Å². The van der Waals surface area contributed by atoms with Gasteiger partial charge in [-0.15, -0.1) is 0 Å². The van der Waals surface area contributed by atoms with Crippen molar-refractivity contribution in [2.24, 2.45) is 0 Å². The minimum atomic E-state index is -2.19. The molecule has 0 N–H and O–H groups in total. The molecule has 1 fully saturated rings. The minimum absolute atomic E-state index is 0.0677. The highest BCUT2D eigenvalue weighted by molar-refractivity contribution is 5.94. The van der Waals surface area contributed by atoms with Gasteiger partial charge in [-0.2, -0.15) is 0 Å². The molecule has 0 aliphatic carbocycles. The van der Waals surface area contributed by atoms with E-state index in [1.54, 1.807) is 24.3 Å². The van der Waals surface area contributed by atoms with Crippen LogP contribution >= 0.6 is 0 Å². The Kier molecular flexibility index (Phi) is 6.24. The third-order valence-electron chi connectivity index (χ3n) is 4.64. The van der Waals surface area contributed by atoms with Gasteiger partial charge in [0.05, 0.1) is 6.61 Å². The van der Waals surface area contributed by atoms with Gasteiger partial charge in [-0.1, -0.05) is 6.92 Å². The number of nitrogens with zero attached hydrogens (tertiary/aromatic N) is 2. The van der Waals surface area contributed by atoms with E-state index in [9.17, 15) is 26.7 Å². The number of carbonyl (C=O) groups is 1. The zero-order valence-corrected chi connectivity index (χ0v) is 15.7. The van der Waals surface area contributed by atoms with Gasteiger partial charge >= 0.3 is 0 Å². The van der Waals surface area contributed by atoms with E-state index in [1.807, 2.05) is 6.92 Å². The second kappa shape index (κ2) is 8.67. The fourth-order valence-corrected chi connectivity index (χ4v) is 3.10. The molecule has 0 atom stereocenters. The Morgan fingerprint density at radius 3 is 1.90 bits per heavy atom. The summed E-state index contributed by atoms with van der Waals surface area (Å²) in [6, 6.07) is 6.58. The summed E-state index contributed by atoms with van der Waals surface area (Å²) in [5.74, 6) is -9.55. The van der Waals surface area contributed by atoms with Gasteiger partial charge in [-0.25, -0.2) is 22.0 Å². The Morgan fingerprint density at radius 1 is 0.862 bits per heavy atom. The van der Waals surface area contributed by atoms with E-state index in [4.69, 9.17) is 4.74 Å². The quantitative estimate of drug-likeness (QED) is 0.419. The molecule has 0 unspecified atom stereocenters. The van der Waals surface area contributed by atoms with Crippen molar-refractivity contribution in [2.75, 3.05) is 37.7 Å². The number of halogens is 5. The molecule has 9 heteroatoms. The fourth-order valence-electron chi connectivity index (χ4n) is 3.10. The van der Waals surface area contributed by atoms with Crippen LogP contribution in [0.2, 0.25) is 0 Å². The molecular weight excluding hydrogens is 395 g/mol. The summed E-state index contributed by atoms with van der Waals surface area (Å²) in [7, 11) is 0. The summed E-state index contributed by atoms with van der Waals surface area (Å²) in [6.45, 7) is 2.55. The number of hydrogen-bond donors (Lipinski definition) is 0. The third-order valence-corrected chi connectivity index (χ3v) is 4.64. The molecule has 1 amide bonds. The molecule has 1 aliphatic rings. The Bertz CT molecular complexity index is 868. The zero-order chi connectivity index (χ0) is 21.1. The first-order chi connectivity index (χ1) is 13.8. The standard InChI is InChI=1S/C20H19F5N2O2/c1-2-11-29-13-5-3-12(4-6-13)20(28)27-9-7-26(8-10-27)19-17(24)15(22)14(21)16(23)18(19)25/h3-6H,2,7-11H2,1H3. The highest BCUT2D eigenvalue weighted by Gasteiger charge is 2.31. The molecule has 2 aromatic rings. The summed E-state index contributed by atoms with van der Waals surface area (Å²) in [5.41, 5.74) is -0.551. The van der Waals surface area contributed by atoms with Crippen molar-refractivity contribution in [3.63, 3.8) is 0 Å². The average molecular weight is 414 g/mol. The fraction of sp³-hybridized carbons (Fsp3) is 0.350. The van der Waals surface area contributed by atoms with Crippen molar-refractivity contribution in [1.29, 1.82) is 0 Å². The molecule has 3 rings (SSSR count). The summed E-state index contributed by atoms with van der Waals surface area (Å²) < 4.78 is 73.5. The second-order valence-electron chi connectivity index (χ2n) is 6.57. The van der Waals surface area contributed by atoms with Crippen LogP contribution in [0.3, 0.4) is 0 Å². The first kappa shape index (κ1) is 20.9. The minimum Gasteiger partial charge on any atom is -0.494 e. The molecule has 29 heavy (non-hydrogen) atoms. The van der Waals surface area contributed by atoms with E-state index in [0.29, 0.717) is 17.9 Å². The predicted molar refractivity (Wildman–Crippen MR) is 96.6 cm³/mol. The van der Waals surface area contributed by atoms with E-state index in [-0.39, 0.29) is 32.1 Å². The van der Waals surface area contributed by atoms with Gasteiger partial charge in [0.15, 0.2) is 23.3 Å². The lowest BCUT2D eigenvalue weighted by Gasteiger charge is -2.36. The zero-order valence-electron chi connectivity index (χ0n) is 15.7. The maximum Gasteiger partial charge on any atom is 0.253 e. The lowest BCUT2D eigenvalue weighted by Crippen LogP contribution is -2.49. The SMILES string of the molecule is CCCOc1ccc(C(=O)N2CCN(c3c(F)c(F)c(F)c(F)c3F)CC2)cc1. The van der Waals surface area contributed by atoms with Crippen LogP contribution in [0.25, 0.3) is 0 Å². The van der Waals surface area contributed by atoms with Crippen LogP contribution in [0.4, 0.5) is 27.6 Å². The van der Waals surface area contributed by atoms with Crippen LogP contribution in [0.1, 0.15) is 23.7 Å². The smallest absolute Gasteiger partial charge is 0.253 e. The van der Waals surface area contributed by atoms with Gasteiger partial charge < -0.3 is 14.5 Å². The molecular formula is C20H19F5N2O2. The molecule has 1 saturated heterocycles. The van der Waals surface area contributed by atoms with Gasteiger partial charge in [0.2, 0.25) is 5.82 Å². The molecule has 0 aromatic heterocycles. The van der Waals surface area contributed by atoms with Gasteiger partial charge in [0, 0.05) is 31.7 Å². The highest BCUT2D eigenvalue weighted by atomic mass is 19.2. The predicted octanol–water partition coefficient (Wildman–Crippen LogP) is 4.13. The van der Waals surface area contributed by atoms with Crippen molar-refractivity contribution < 1.29 is 31.5 Å². The highest BCUT2D eigenvalue weighted by Crippen LogP contribution is 2.31. The number of ether oxygens (including phenoxy) is 1. The summed E-state index contributed by atoms with van der Waals surface area (Å²) >= 11 is 0. The monoisotopic (exact) mass is 414 g/mol.